The number of aliphatic hydroxyl groups is 1. The maximum Gasteiger partial charge on any atom is 0.261 e. The number of imide groups is 1. The lowest BCUT2D eigenvalue weighted by atomic mass is 9.90. The minimum atomic E-state index is -0.543. The molecule has 0 saturated carbocycles. The number of carbonyl (C=O) groups is 2. The molecular formula is C38H38N2O6. The summed E-state index contributed by atoms with van der Waals surface area (Å²) < 4.78 is 18.9. The fourth-order valence-corrected chi connectivity index (χ4v) is 6.61. The number of carbonyl (C=O) groups excluding carboxylic acids is 2. The molecule has 3 aliphatic heterocycles. The molecule has 0 radical (unpaired) electrons. The van der Waals surface area contributed by atoms with Crippen molar-refractivity contribution >= 4 is 11.8 Å². The number of morpholine rings is 1. The molecule has 236 valence electrons. The Morgan fingerprint density at radius 1 is 0.739 bits per heavy atom. The van der Waals surface area contributed by atoms with Crippen LogP contribution in [0.4, 0.5) is 0 Å². The van der Waals surface area contributed by atoms with Crippen molar-refractivity contribution in [2.45, 2.75) is 38.6 Å². The van der Waals surface area contributed by atoms with Crippen LogP contribution in [0.5, 0.6) is 0 Å². The Morgan fingerprint density at radius 3 is 2.09 bits per heavy atom. The van der Waals surface area contributed by atoms with Crippen LogP contribution < -0.4 is 0 Å². The highest BCUT2D eigenvalue weighted by atomic mass is 16.7. The van der Waals surface area contributed by atoms with E-state index in [-0.39, 0.29) is 43.1 Å². The van der Waals surface area contributed by atoms with Gasteiger partial charge in [-0.2, -0.15) is 0 Å². The summed E-state index contributed by atoms with van der Waals surface area (Å²) in [6.07, 6.45) is -0.757. The highest BCUT2D eigenvalue weighted by Gasteiger charge is 2.39. The number of hydrogen-bond acceptors (Lipinski definition) is 7. The lowest BCUT2D eigenvalue weighted by Crippen LogP contribution is -2.47. The summed E-state index contributed by atoms with van der Waals surface area (Å²) in [7, 11) is 0. The second-order valence-electron chi connectivity index (χ2n) is 12.3. The van der Waals surface area contributed by atoms with Crippen LogP contribution in [0.1, 0.15) is 62.3 Å². The van der Waals surface area contributed by atoms with Crippen molar-refractivity contribution in [1.29, 1.82) is 0 Å². The topological polar surface area (TPSA) is 88.5 Å². The average molecular weight is 619 g/mol. The number of rotatable bonds is 8. The zero-order chi connectivity index (χ0) is 31.6. The van der Waals surface area contributed by atoms with E-state index in [1.165, 1.54) is 4.90 Å². The predicted octanol–water partition coefficient (Wildman–Crippen LogP) is 5.77. The molecule has 1 N–H and O–H groups in total. The van der Waals surface area contributed by atoms with E-state index in [1.54, 1.807) is 24.3 Å². The van der Waals surface area contributed by atoms with E-state index in [0.29, 0.717) is 11.1 Å². The van der Waals surface area contributed by atoms with Crippen LogP contribution in [0, 0.1) is 5.92 Å². The van der Waals surface area contributed by atoms with Gasteiger partial charge in [-0.05, 0) is 46.0 Å². The molecule has 3 aliphatic rings. The lowest BCUT2D eigenvalue weighted by Gasteiger charge is -2.43. The lowest BCUT2D eigenvalue weighted by molar-refractivity contribution is -0.277. The van der Waals surface area contributed by atoms with Gasteiger partial charge in [0.05, 0.1) is 49.7 Å². The first kappa shape index (κ1) is 30.5. The molecule has 0 unspecified atom stereocenters. The van der Waals surface area contributed by atoms with Crippen molar-refractivity contribution in [2.75, 3.05) is 32.8 Å². The summed E-state index contributed by atoms with van der Waals surface area (Å²) in [6.45, 7) is 6.43. The molecular weight excluding hydrogens is 580 g/mol. The first-order valence-corrected chi connectivity index (χ1v) is 15.9. The van der Waals surface area contributed by atoms with E-state index in [0.717, 1.165) is 66.2 Å². The van der Waals surface area contributed by atoms with Gasteiger partial charge in [-0.15, -0.1) is 0 Å². The monoisotopic (exact) mass is 618 g/mol. The molecule has 0 aromatic heterocycles. The fraction of sp³-hybridized carbons (Fsp3) is 0.316. The van der Waals surface area contributed by atoms with E-state index in [9.17, 15) is 14.7 Å². The summed E-state index contributed by atoms with van der Waals surface area (Å²) in [5.74, 6) is -0.401. The van der Waals surface area contributed by atoms with Gasteiger partial charge < -0.3 is 19.3 Å². The van der Waals surface area contributed by atoms with E-state index < -0.39 is 6.29 Å². The van der Waals surface area contributed by atoms with Gasteiger partial charge in [0.2, 0.25) is 0 Å². The van der Waals surface area contributed by atoms with Crippen LogP contribution >= 0.6 is 0 Å². The highest BCUT2D eigenvalue weighted by molar-refractivity contribution is 6.21. The SMILES string of the molecule is C[C@H]1[C@@H](CN2CCOCC2)O[C@@H](c2ccc(-c3cccc(CN4C(=O)c5ccccc5C4=O)c3)cc2)O[C@H]1c1ccc(CO)cc1. The molecule has 0 spiro atoms. The van der Waals surface area contributed by atoms with Crippen LogP contribution in [0.3, 0.4) is 0 Å². The fourth-order valence-electron chi connectivity index (χ4n) is 6.61. The van der Waals surface area contributed by atoms with Gasteiger partial charge in [0, 0.05) is 31.1 Å². The normalized spacial score (nSPS) is 23.5. The van der Waals surface area contributed by atoms with Crippen molar-refractivity contribution in [1.82, 2.24) is 9.80 Å². The quantitative estimate of drug-likeness (QED) is 0.251. The van der Waals surface area contributed by atoms with Gasteiger partial charge in [0.25, 0.3) is 11.8 Å². The highest BCUT2D eigenvalue weighted by Crippen LogP contribution is 2.42. The molecule has 4 aromatic carbocycles. The third-order valence-corrected chi connectivity index (χ3v) is 9.33. The molecule has 0 bridgehead atoms. The Kier molecular flexibility index (Phi) is 8.80. The second-order valence-corrected chi connectivity index (χ2v) is 12.3. The summed E-state index contributed by atoms with van der Waals surface area (Å²) in [6, 6.07) is 31.1. The van der Waals surface area contributed by atoms with Gasteiger partial charge in [0.1, 0.15) is 0 Å². The van der Waals surface area contributed by atoms with Gasteiger partial charge in [-0.3, -0.25) is 19.4 Å². The van der Waals surface area contributed by atoms with E-state index in [1.807, 2.05) is 60.7 Å². The van der Waals surface area contributed by atoms with E-state index in [4.69, 9.17) is 14.2 Å². The number of fused-ring (bicyclic) bond motifs is 1. The Morgan fingerprint density at radius 2 is 1.41 bits per heavy atom. The summed E-state index contributed by atoms with van der Waals surface area (Å²) in [4.78, 5) is 29.5. The molecule has 2 saturated heterocycles. The first-order chi connectivity index (χ1) is 22.5. The third-order valence-electron chi connectivity index (χ3n) is 9.33. The molecule has 2 amide bonds. The zero-order valence-corrected chi connectivity index (χ0v) is 25.9. The number of nitrogens with zero attached hydrogens (tertiary/aromatic N) is 2. The van der Waals surface area contributed by atoms with Crippen molar-refractivity contribution in [3.8, 4) is 11.1 Å². The van der Waals surface area contributed by atoms with E-state index >= 15 is 0 Å². The van der Waals surface area contributed by atoms with E-state index in [2.05, 4.69) is 24.0 Å². The van der Waals surface area contributed by atoms with Crippen LogP contribution in [-0.4, -0.2) is 65.7 Å². The number of hydrogen-bond donors (Lipinski definition) is 1. The smallest absolute Gasteiger partial charge is 0.261 e. The minimum Gasteiger partial charge on any atom is -0.392 e. The first-order valence-electron chi connectivity index (χ1n) is 15.9. The number of ether oxygens (including phenoxy) is 3. The standard InChI is InChI=1S/C38H38N2O6/c1-25-34(23-39-17-19-44-20-18-39)45-38(46-35(25)29-11-9-26(24-41)10-12-29)30-15-13-28(14-16-30)31-6-4-5-27(21-31)22-40-36(42)32-7-2-3-8-33(32)37(40)43/h2-16,21,25,34-35,38,41H,17-20,22-24H2,1H3/t25-,34+,35+,38+/m0/s1. The molecule has 7 rings (SSSR count). The Labute approximate surface area is 269 Å². The summed E-state index contributed by atoms with van der Waals surface area (Å²) >= 11 is 0. The van der Waals surface area contributed by atoms with Crippen molar-refractivity contribution in [3.05, 3.63) is 130 Å². The maximum atomic E-state index is 12.9. The van der Waals surface area contributed by atoms with Gasteiger partial charge in [-0.1, -0.05) is 85.8 Å². The molecule has 8 heteroatoms. The number of amides is 2. The molecule has 2 fully saturated rings. The summed E-state index contributed by atoms with van der Waals surface area (Å²) in [5, 5.41) is 9.55. The molecule has 4 aromatic rings. The number of benzene rings is 4. The van der Waals surface area contributed by atoms with Gasteiger partial charge in [-0.25, -0.2) is 0 Å². The van der Waals surface area contributed by atoms with Crippen LogP contribution in [0.25, 0.3) is 11.1 Å². The summed E-state index contributed by atoms with van der Waals surface area (Å²) in [5.41, 5.74) is 6.66. The van der Waals surface area contributed by atoms with Crippen LogP contribution in [-0.2, 0) is 27.4 Å². The molecule has 0 aliphatic carbocycles. The Balaban J connectivity index is 1.10. The van der Waals surface area contributed by atoms with Crippen molar-refractivity contribution in [3.63, 3.8) is 0 Å². The molecule has 46 heavy (non-hydrogen) atoms. The Hall–Kier alpha value is -4.18. The van der Waals surface area contributed by atoms with Gasteiger partial charge in [0.15, 0.2) is 6.29 Å². The van der Waals surface area contributed by atoms with Crippen LogP contribution in [0.15, 0.2) is 97.1 Å². The van der Waals surface area contributed by atoms with Crippen molar-refractivity contribution in [2.24, 2.45) is 5.92 Å². The van der Waals surface area contributed by atoms with Crippen molar-refractivity contribution < 1.29 is 28.9 Å². The molecule has 4 atom stereocenters. The minimum absolute atomic E-state index is 0.00474. The largest absolute Gasteiger partial charge is 0.392 e. The maximum absolute atomic E-state index is 12.9. The third kappa shape index (κ3) is 6.15. The molecule has 3 heterocycles. The zero-order valence-electron chi connectivity index (χ0n) is 25.9. The van der Waals surface area contributed by atoms with Gasteiger partial charge >= 0.3 is 0 Å². The van der Waals surface area contributed by atoms with Crippen LogP contribution in [0.2, 0.25) is 0 Å². The Bertz CT molecular complexity index is 1660. The second kappa shape index (κ2) is 13.3. The predicted molar refractivity (Wildman–Crippen MR) is 173 cm³/mol. The average Bonchev–Trinajstić information content (AvgIpc) is 3.34. The number of aliphatic hydroxyl groups excluding tert-OH is 1. The molecule has 8 nitrogen and oxygen atoms in total.